The topological polar surface area (TPSA) is 68.8 Å². The molecule has 0 unspecified atom stereocenters. The molecule has 2 atom stereocenters. The van der Waals surface area contributed by atoms with E-state index in [1.54, 1.807) is 12.1 Å². The molecule has 0 spiro atoms. The van der Waals surface area contributed by atoms with Crippen LogP contribution in [0.5, 0.6) is 0 Å². The number of anilines is 2. The molecule has 4 rings (SSSR count). The van der Waals surface area contributed by atoms with Gasteiger partial charge >= 0.3 is 0 Å². The van der Waals surface area contributed by atoms with E-state index in [0.717, 1.165) is 17.5 Å². The van der Waals surface area contributed by atoms with Gasteiger partial charge in [0, 0.05) is 0 Å². The van der Waals surface area contributed by atoms with Gasteiger partial charge in [-0.15, -0.1) is 5.10 Å². The number of nitrogens with zero attached hydrogens (tertiary/aromatic N) is 3. The van der Waals surface area contributed by atoms with E-state index in [9.17, 15) is 4.39 Å². The Morgan fingerprint density at radius 3 is 2.46 bits per heavy atom. The third-order valence-electron chi connectivity index (χ3n) is 4.44. The van der Waals surface area contributed by atoms with Crippen molar-refractivity contribution in [2.75, 3.05) is 11.1 Å². The van der Waals surface area contributed by atoms with Crippen LogP contribution in [0.25, 0.3) is 0 Å². The van der Waals surface area contributed by atoms with Crippen molar-refractivity contribution in [2.45, 2.75) is 25.4 Å². The predicted octanol–water partition coefficient (Wildman–Crippen LogP) is 3.45. The van der Waals surface area contributed by atoms with Crippen LogP contribution >= 0.6 is 0 Å². The zero-order chi connectivity index (χ0) is 16.7. The number of hydrogen-bond acceptors (Lipinski definition) is 4. The third-order valence-corrected chi connectivity index (χ3v) is 4.44. The fraction of sp³-hybridized carbons (Fsp3) is 0.222. The van der Waals surface area contributed by atoms with Crippen molar-refractivity contribution in [2.24, 2.45) is 0 Å². The van der Waals surface area contributed by atoms with Crippen LogP contribution in [0.1, 0.15) is 35.2 Å². The fourth-order valence-corrected chi connectivity index (χ4v) is 3.17. The van der Waals surface area contributed by atoms with Gasteiger partial charge in [-0.3, -0.25) is 0 Å². The minimum absolute atomic E-state index is 0.0213. The largest absolute Gasteiger partial charge is 0.366 e. The lowest BCUT2D eigenvalue weighted by atomic mass is 9.93. The molecule has 24 heavy (non-hydrogen) atoms. The van der Waals surface area contributed by atoms with Crippen LogP contribution in [-0.2, 0) is 0 Å². The SMILES string of the molecule is Cc1ccc([C@@H]2C[C@@H](c3ccc(F)cc3)Nc3nc(N)nn32)cc1. The molecule has 1 aliphatic heterocycles. The van der Waals surface area contributed by atoms with Gasteiger partial charge in [-0.05, 0) is 36.6 Å². The van der Waals surface area contributed by atoms with Crippen LogP contribution in [0.15, 0.2) is 48.5 Å². The van der Waals surface area contributed by atoms with Crippen LogP contribution in [0.3, 0.4) is 0 Å². The molecule has 122 valence electrons. The van der Waals surface area contributed by atoms with Crippen molar-refractivity contribution in [1.82, 2.24) is 14.8 Å². The Kier molecular flexibility index (Phi) is 3.45. The van der Waals surface area contributed by atoms with Crippen LogP contribution in [-0.4, -0.2) is 14.8 Å². The molecule has 2 heterocycles. The standard InChI is InChI=1S/C18H18FN5/c1-11-2-4-13(5-3-11)16-10-15(12-6-8-14(19)9-7-12)21-18-22-17(20)23-24(16)18/h2-9,15-16H,10H2,1H3,(H3,20,21,22,23)/t15-,16-/m0/s1. The highest BCUT2D eigenvalue weighted by Crippen LogP contribution is 2.37. The Hall–Kier alpha value is -2.89. The van der Waals surface area contributed by atoms with Crippen molar-refractivity contribution in [3.8, 4) is 0 Å². The summed E-state index contributed by atoms with van der Waals surface area (Å²) in [6.45, 7) is 2.06. The molecule has 0 amide bonds. The first-order valence-corrected chi connectivity index (χ1v) is 7.91. The summed E-state index contributed by atoms with van der Waals surface area (Å²) in [6, 6.07) is 15.0. The summed E-state index contributed by atoms with van der Waals surface area (Å²) in [5, 5.41) is 7.69. The van der Waals surface area contributed by atoms with Gasteiger partial charge in [0.25, 0.3) is 0 Å². The van der Waals surface area contributed by atoms with Crippen LogP contribution in [0.4, 0.5) is 16.3 Å². The number of rotatable bonds is 2. The van der Waals surface area contributed by atoms with Gasteiger partial charge in [0.1, 0.15) is 5.82 Å². The fourth-order valence-electron chi connectivity index (χ4n) is 3.17. The van der Waals surface area contributed by atoms with Gasteiger partial charge in [0.15, 0.2) is 0 Å². The van der Waals surface area contributed by atoms with Gasteiger partial charge < -0.3 is 11.1 Å². The number of nitrogen functional groups attached to an aromatic ring is 1. The minimum atomic E-state index is -0.239. The van der Waals surface area contributed by atoms with E-state index < -0.39 is 0 Å². The Bertz CT molecular complexity index is 854. The number of aryl methyl sites for hydroxylation is 1. The Labute approximate surface area is 139 Å². The van der Waals surface area contributed by atoms with Gasteiger partial charge in [0.2, 0.25) is 11.9 Å². The molecule has 0 radical (unpaired) electrons. The van der Waals surface area contributed by atoms with Gasteiger partial charge in [-0.2, -0.15) is 4.98 Å². The van der Waals surface area contributed by atoms with E-state index in [1.807, 2.05) is 4.68 Å². The van der Waals surface area contributed by atoms with Crippen molar-refractivity contribution >= 4 is 11.9 Å². The highest BCUT2D eigenvalue weighted by molar-refractivity contribution is 5.41. The van der Waals surface area contributed by atoms with Crippen molar-refractivity contribution in [3.05, 3.63) is 71.0 Å². The lowest BCUT2D eigenvalue weighted by molar-refractivity contribution is 0.431. The summed E-state index contributed by atoms with van der Waals surface area (Å²) < 4.78 is 15.0. The second-order valence-corrected chi connectivity index (χ2v) is 6.15. The van der Waals surface area contributed by atoms with E-state index in [2.05, 4.69) is 46.6 Å². The second kappa shape index (κ2) is 5.63. The summed E-state index contributed by atoms with van der Waals surface area (Å²) >= 11 is 0. The minimum Gasteiger partial charge on any atom is -0.366 e. The molecule has 0 saturated heterocycles. The monoisotopic (exact) mass is 323 g/mol. The first-order valence-electron chi connectivity index (χ1n) is 7.91. The van der Waals surface area contributed by atoms with Crippen molar-refractivity contribution in [3.63, 3.8) is 0 Å². The second-order valence-electron chi connectivity index (χ2n) is 6.15. The molecule has 1 aliphatic rings. The number of nitrogens with two attached hydrogens (primary N) is 1. The summed E-state index contributed by atoms with van der Waals surface area (Å²) in [4.78, 5) is 4.28. The zero-order valence-corrected chi connectivity index (χ0v) is 13.3. The molecular formula is C18H18FN5. The predicted molar refractivity (Wildman–Crippen MR) is 91.1 cm³/mol. The average Bonchev–Trinajstić information content (AvgIpc) is 2.95. The molecule has 3 aromatic rings. The lowest BCUT2D eigenvalue weighted by Gasteiger charge is -2.31. The normalized spacial score (nSPS) is 19.6. The molecule has 2 aromatic carbocycles. The maximum absolute atomic E-state index is 13.2. The van der Waals surface area contributed by atoms with Crippen molar-refractivity contribution < 1.29 is 4.39 Å². The third kappa shape index (κ3) is 2.60. The number of aromatic nitrogens is 3. The number of fused-ring (bicyclic) bond motifs is 1. The first-order chi connectivity index (χ1) is 11.6. The van der Waals surface area contributed by atoms with Crippen LogP contribution in [0, 0.1) is 12.7 Å². The highest BCUT2D eigenvalue weighted by atomic mass is 19.1. The maximum atomic E-state index is 13.2. The molecule has 6 heteroatoms. The average molecular weight is 323 g/mol. The van der Waals surface area contributed by atoms with Gasteiger partial charge in [0.05, 0.1) is 12.1 Å². The molecule has 3 N–H and O–H groups in total. The van der Waals surface area contributed by atoms with E-state index in [-0.39, 0.29) is 23.8 Å². The Balaban J connectivity index is 1.74. The van der Waals surface area contributed by atoms with E-state index in [4.69, 9.17) is 5.73 Å². The number of hydrogen-bond donors (Lipinski definition) is 2. The molecule has 0 aliphatic carbocycles. The molecule has 0 bridgehead atoms. The van der Waals surface area contributed by atoms with Gasteiger partial charge in [-0.1, -0.05) is 42.0 Å². The zero-order valence-electron chi connectivity index (χ0n) is 13.3. The Morgan fingerprint density at radius 1 is 1.08 bits per heavy atom. The van der Waals surface area contributed by atoms with Crippen LogP contribution in [0.2, 0.25) is 0 Å². The lowest BCUT2D eigenvalue weighted by Crippen LogP contribution is -2.28. The highest BCUT2D eigenvalue weighted by Gasteiger charge is 2.30. The molecule has 5 nitrogen and oxygen atoms in total. The molecule has 0 fully saturated rings. The van der Waals surface area contributed by atoms with E-state index >= 15 is 0 Å². The smallest absolute Gasteiger partial charge is 0.241 e. The molecule has 0 saturated carbocycles. The van der Waals surface area contributed by atoms with Crippen molar-refractivity contribution in [1.29, 1.82) is 0 Å². The maximum Gasteiger partial charge on any atom is 0.241 e. The summed E-state index contributed by atoms with van der Waals surface area (Å²) in [5.41, 5.74) is 9.17. The first kappa shape index (κ1) is 14.7. The Morgan fingerprint density at radius 2 is 1.75 bits per heavy atom. The summed E-state index contributed by atoms with van der Waals surface area (Å²) in [5.74, 6) is 0.644. The number of halogens is 1. The molecular weight excluding hydrogens is 305 g/mol. The summed E-state index contributed by atoms with van der Waals surface area (Å²) in [6.07, 6.45) is 0.782. The molecule has 1 aromatic heterocycles. The number of benzene rings is 2. The summed E-state index contributed by atoms with van der Waals surface area (Å²) in [7, 11) is 0. The van der Waals surface area contributed by atoms with E-state index in [1.165, 1.54) is 17.7 Å². The van der Waals surface area contributed by atoms with E-state index in [0.29, 0.717) is 5.95 Å². The van der Waals surface area contributed by atoms with Crippen LogP contribution < -0.4 is 11.1 Å². The quantitative estimate of drug-likeness (QED) is 0.758. The van der Waals surface area contributed by atoms with Gasteiger partial charge in [-0.25, -0.2) is 9.07 Å². The number of nitrogens with one attached hydrogen (secondary N) is 1.